The predicted octanol–water partition coefficient (Wildman–Crippen LogP) is 1.99. The number of hydrogen-bond acceptors (Lipinski definition) is 4. The topological polar surface area (TPSA) is 63.7 Å². The van der Waals surface area contributed by atoms with Crippen molar-refractivity contribution in [2.75, 3.05) is 18.6 Å². The average Bonchev–Trinajstić information content (AvgIpc) is 2.70. The monoisotopic (exact) mass is 289 g/mol. The van der Waals surface area contributed by atoms with Crippen molar-refractivity contribution in [2.24, 2.45) is 5.41 Å². The van der Waals surface area contributed by atoms with E-state index in [4.69, 9.17) is 4.74 Å². The number of benzene rings is 1. The average molecular weight is 289 g/mol. The molecule has 1 heterocycles. The zero-order valence-corrected chi connectivity index (χ0v) is 12.5. The van der Waals surface area contributed by atoms with E-state index in [9.17, 15) is 14.4 Å². The van der Waals surface area contributed by atoms with E-state index in [2.05, 4.69) is 0 Å². The van der Waals surface area contributed by atoms with Crippen molar-refractivity contribution in [2.45, 2.75) is 26.7 Å². The first-order valence-electron chi connectivity index (χ1n) is 6.87. The minimum absolute atomic E-state index is 0.0141. The number of hydrogen-bond donors (Lipinski definition) is 0. The lowest BCUT2D eigenvalue weighted by Gasteiger charge is -2.21. The molecule has 1 fully saturated rings. The van der Waals surface area contributed by atoms with Crippen LogP contribution in [0, 0.1) is 5.41 Å². The van der Waals surface area contributed by atoms with Gasteiger partial charge in [-0.3, -0.25) is 9.59 Å². The number of ketones is 2. The maximum absolute atomic E-state index is 12.6. The maximum Gasteiger partial charge on any atom is 0.240 e. The second-order valence-corrected chi connectivity index (χ2v) is 5.55. The molecule has 1 aliphatic rings. The zero-order valence-electron chi connectivity index (χ0n) is 12.5. The Hall–Kier alpha value is -2.17. The molecular weight excluding hydrogens is 270 g/mol. The third kappa shape index (κ3) is 2.82. The van der Waals surface area contributed by atoms with Gasteiger partial charge in [0.2, 0.25) is 5.91 Å². The highest BCUT2D eigenvalue weighted by Gasteiger charge is 2.50. The van der Waals surface area contributed by atoms with E-state index < -0.39 is 5.41 Å². The largest absolute Gasteiger partial charge is 0.497 e. The molecule has 1 aliphatic heterocycles. The van der Waals surface area contributed by atoms with Gasteiger partial charge in [-0.25, -0.2) is 0 Å². The normalized spacial score (nSPS) is 21.8. The van der Waals surface area contributed by atoms with E-state index in [0.29, 0.717) is 11.4 Å². The van der Waals surface area contributed by atoms with Crippen LogP contribution < -0.4 is 9.64 Å². The van der Waals surface area contributed by atoms with E-state index in [1.807, 2.05) is 0 Å². The van der Waals surface area contributed by atoms with Gasteiger partial charge in [0, 0.05) is 12.1 Å². The molecule has 5 nitrogen and oxygen atoms in total. The summed E-state index contributed by atoms with van der Waals surface area (Å²) >= 11 is 0. The van der Waals surface area contributed by atoms with Crippen LogP contribution in [0.1, 0.15) is 26.7 Å². The first-order chi connectivity index (χ1) is 9.88. The van der Waals surface area contributed by atoms with Gasteiger partial charge in [-0.1, -0.05) is 0 Å². The number of carbonyl (C=O) groups is 3. The molecule has 0 spiro atoms. The molecule has 0 saturated carbocycles. The first kappa shape index (κ1) is 15.2. The number of amides is 1. The number of anilines is 1. The highest BCUT2D eigenvalue weighted by Crippen LogP contribution is 2.36. The molecule has 21 heavy (non-hydrogen) atoms. The van der Waals surface area contributed by atoms with Crippen molar-refractivity contribution >= 4 is 23.2 Å². The SMILES string of the molecule is COc1ccc(N2CC(=O)C(C)(CCC(C)=O)C2=O)cc1. The van der Waals surface area contributed by atoms with Gasteiger partial charge in [-0.05, 0) is 44.5 Å². The summed E-state index contributed by atoms with van der Waals surface area (Å²) in [6.07, 6.45) is 0.511. The highest BCUT2D eigenvalue weighted by molar-refractivity contribution is 6.20. The Labute approximate surface area is 123 Å². The number of methoxy groups -OCH3 is 1. The molecule has 0 aliphatic carbocycles. The number of carbonyl (C=O) groups excluding carboxylic acids is 3. The van der Waals surface area contributed by atoms with Gasteiger partial charge >= 0.3 is 0 Å². The molecule has 2 rings (SSSR count). The zero-order chi connectivity index (χ0) is 15.6. The Balaban J connectivity index is 2.22. The molecular formula is C16H19NO4. The van der Waals surface area contributed by atoms with Crippen LogP contribution in [-0.4, -0.2) is 31.1 Å². The Morgan fingerprint density at radius 3 is 2.43 bits per heavy atom. The van der Waals surface area contributed by atoms with Crippen LogP contribution in [-0.2, 0) is 14.4 Å². The van der Waals surface area contributed by atoms with Crippen molar-refractivity contribution in [1.29, 1.82) is 0 Å². The van der Waals surface area contributed by atoms with Gasteiger partial charge in [0.15, 0.2) is 5.78 Å². The predicted molar refractivity (Wildman–Crippen MR) is 78.4 cm³/mol. The second kappa shape index (κ2) is 5.68. The fourth-order valence-corrected chi connectivity index (χ4v) is 2.45. The van der Waals surface area contributed by atoms with Crippen LogP contribution in [0.25, 0.3) is 0 Å². The molecule has 0 N–H and O–H groups in total. The molecule has 0 aromatic heterocycles. The first-order valence-corrected chi connectivity index (χ1v) is 6.87. The third-order valence-electron chi connectivity index (χ3n) is 4.00. The Morgan fingerprint density at radius 1 is 1.29 bits per heavy atom. The van der Waals surface area contributed by atoms with Crippen LogP contribution in [0.15, 0.2) is 24.3 Å². The molecule has 112 valence electrons. The van der Waals surface area contributed by atoms with Crippen molar-refractivity contribution in [1.82, 2.24) is 0 Å². The molecule has 1 unspecified atom stereocenters. The van der Waals surface area contributed by atoms with Gasteiger partial charge in [0.25, 0.3) is 0 Å². The van der Waals surface area contributed by atoms with Gasteiger partial charge < -0.3 is 14.4 Å². The number of ether oxygens (including phenoxy) is 1. The van der Waals surface area contributed by atoms with Crippen molar-refractivity contribution < 1.29 is 19.1 Å². The standard InChI is InChI=1S/C16H19NO4/c1-11(18)8-9-16(2)14(19)10-17(15(16)20)12-4-6-13(21-3)7-5-12/h4-7H,8-10H2,1-3H3. The van der Waals surface area contributed by atoms with E-state index >= 15 is 0 Å². The quantitative estimate of drug-likeness (QED) is 0.778. The van der Waals surface area contributed by atoms with Crippen LogP contribution in [0.3, 0.4) is 0 Å². The fourth-order valence-electron chi connectivity index (χ4n) is 2.45. The summed E-state index contributed by atoms with van der Waals surface area (Å²) in [7, 11) is 1.57. The van der Waals surface area contributed by atoms with Gasteiger partial charge in [-0.15, -0.1) is 0 Å². The fraction of sp³-hybridized carbons (Fsp3) is 0.438. The Morgan fingerprint density at radius 2 is 1.90 bits per heavy atom. The maximum atomic E-state index is 12.6. The highest BCUT2D eigenvalue weighted by atomic mass is 16.5. The second-order valence-electron chi connectivity index (χ2n) is 5.55. The van der Waals surface area contributed by atoms with E-state index in [0.717, 1.165) is 0 Å². The molecule has 1 aromatic carbocycles. The van der Waals surface area contributed by atoms with Crippen molar-refractivity contribution in [3.05, 3.63) is 24.3 Å². The summed E-state index contributed by atoms with van der Waals surface area (Å²) in [4.78, 5) is 37.4. The Bertz CT molecular complexity index is 578. The summed E-state index contributed by atoms with van der Waals surface area (Å²) in [6, 6.07) is 7.00. The van der Waals surface area contributed by atoms with Crippen LogP contribution >= 0.6 is 0 Å². The van der Waals surface area contributed by atoms with Crippen molar-refractivity contribution in [3.63, 3.8) is 0 Å². The van der Waals surface area contributed by atoms with Crippen LogP contribution in [0.4, 0.5) is 5.69 Å². The molecule has 0 bridgehead atoms. The molecule has 5 heteroatoms. The van der Waals surface area contributed by atoms with Gasteiger partial charge in [-0.2, -0.15) is 0 Å². The van der Waals surface area contributed by atoms with Crippen LogP contribution in [0.5, 0.6) is 5.75 Å². The van der Waals surface area contributed by atoms with E-state index in [1.165, 1.54) is 11.8 Å². The smallest absolute Gasteiger partial charge is 0.240 e. The summed E-state index contributed by atoms with van der Waals surface area (Å²) in [5.74, 6) is 0.305. The Kier molecular flexibility index (Phi) is 4.11. The minimum Gasteiger partial charge on any atom is -0.497 e. The number of nitrogens with zero attached hydrogens (tertiary/aromatic N) is 1. The summed E-state index contributed by atoms with van der Waals surface area (Å²) < 4.78 is 5.08. The summed E-state index contributed by atoms with van der Waals surface area (Å²) in [5, 5.41) is 0. The summed E-state index contributed by atoms with van der Waals surface area (Å²) in [5.41, 5.74) is -0.424. The van der Waals surface area contributed by atoms with Crippen LogP contribution in [0.2, 0.25) is 0 Å². The lowest BCUT2D eigenvalue weighted by Crippen LogP contribution is -2.34. The molecule has 1 aromatic rings. The molecule has 1 atom stereocenters. The molecule has 1 saturated heterocycles. The van der Waals surface area contributed by atoms with E-state index in [-0.39, 0.29) is 36.9 Å². The minimum atomic E-state index is -1.09. The summed E-state index contributed by atoms with van der Waals surface area (Å²) in [6.45, 7) is 3.15. The molecule has 0 radical (unpaired) electrons. The van der Waals surface area contributed by atoms with Gasteiger partial charge in [0.1, 0.15) is 16.9 Å². The lowest BCUT2D eigenvalue weighted by molar-refractivity contribution is -0.134. The van der Waals surface area contributed by atoms with Gasteiger partial charge in [0.05, 0.1) is 13.7 Å². The van der Waals surface area contributed by atoms with Crippen molar-refractivity contribution in [3.8, 4) is 5.75 Å². The molecule has 1 amide bonds. The number of Topliss-reactive ketones (excluding diaryl/α,β-unsaturated/α-hetero) is 2. The van der Waals surface area contributed by atoms with E-state index in [1.54, 1.807) is 38.3 Å². The number of rotatable bonds is 5. The third-order valence-corrected chi connectivity index (χ3v) is 4.00. The lowest BCUT2D eigenvalue weighted by atomic mass is 9.82.